The van der Waals surface area contributed by atoms with Gasteiger partial charge in [-0.15, -0.1) is 11.3 Å². The van der Waals surface area contributed by atoms with Gasteiger partial charge in [-0.3, -0.25) is 24.5 Å². The van der Waals surface area contributed by atoms with Crippen LogP contribution in [0.3, 0.4) is 0 Å². The average molecular weight is 542 g/mol. The van der Waals surface area contributed by atoms with Crippen molar-refractivity contribution in [3.05, 3.63) is 51.0 Å². The Balaban J connectivity index is 0.00000481. The first kappa shape index (κ1) is 29.6. The monoisotopic (exact) mass is 542 g/mol. The van der Waals surface area contributed by atoms with Crippen molar-refractivity contribution in [3.63, 3.8) is 0 Å². The van der Waals surface area contributed by atoms with Gasteiger partial charge in [-0.05, 0) is 31.5 Å². The minimum absolute atomic E-state index is 0. The van der Waals surface area contributed by atoms with Crippen molar-refractivity contribution < 1.29 is 33.7 Å². The molecular weight excluding hydrogens is 521 g/mol. The fraction of sp³-hybridized carbons (Fsp3) is 0.300. The molecule has 1 saturated heterocycles. The summed E-state index contributed by atoms with van der Waals surface area (Å²) in [5.41, 5.74) is 9.11. The molecule has 6 N–H and O–H groups in total. The summed E-state index contributed by atoms with van der Waals surface area (Å²) in [6, 6.07) is 3.08. The SMILES string of the molecule is CC(C)(ON=C(C(=O)N[C@@H]1C(=O)N[C@@H]1C(N)=O)c1csc(N)n1)C(=O)OCc1ccc([N+](=O)[O-])cc1.[Na]. The number of nitro groups is 1. The quantitative estimate of drug-likeness (QED) is 0.0711. The standard InChI is InChI=1S/C20H21N7O8S.Na/c1-20(2,18(31)34-7-9-3-5-10(6-4-9)27(32)33)35-26-12(11-8-36-19(22)23-11)16(29)25-14-13(15(21)28)24-17(14)30;/h3-6,8,13-14H,7H2,1-2H3,(H2,21,28)(H2,22,23)(H,24,30)(H,25,29);/t13-,14-;/m0./s1. The predicted octanol–water partition coefficient (Wildman–Crippen LogP) is -1.04. The zero-order valence-electron chi connectivity index (χ0n) is 19.9. The van der Waals surface area contributed by atoms with Crippen molar-refractivity contribution in [1.29, 1.82) is 0 Å². The molecule has 3 amide bonds. The molecule has 0 saturated carbocycles. The Hall–Kier alpha value is -3.60. The molecule has 0 aliphatic carbocycles. The van der Waals surface area contributed by atoms with E-state index in [0.717, 1.165) is 11.3 Å². The Morgan fingerprint density at radius 1 is 1.30 bits per heavy atom. The molecule has 15 nitrogen and oxygen atoms in total. The molecule has 1 radical (unpaired) electrons. The number of β-lactam (4-membered cyclic amide) rings is 1. The number of hydrogen-bond acceptors (Lipinski definition) is 12. The molecule has 2 atom stereocenters. The van der Waals surface area contributed by atoms with Crippen LogP contribution in [0.2, 0.25) is 0 Å². The Morgan fingerprint density at radius 3 is 2.46 bits per heavy atom. The molecule has 0 unspecified atom stereocenters. The van der Waals surface area contributed by atoms with Crippen LogP contribution in [0.5, 0.6) is 0 Å². The van der Waals surface area contributed by atoms with Gasteiger partial charge in [-0.1, -0.05) is 5.16 Å². The van der Waals surface area contributed by atoms with Gasteiger partial charge in [0.05, 0.1) is 4.92 Å². The number of anilines is 1. The van der Waals surface area contributed by atoms with Gasteiger partial charge in [0.15, 0.2) is 10.8 Å². The third kappa shape index (κ3) is 7.22. The number of benzene rings is 1. The van der Waals surface area contributed by atoms with Gasteiger partial charge in [-0.25, -0.2) is 9.78 Å². The molecular formula is C20H21N7NaO8S. The maximum Gasteiger partial charge on any atom is 0.353 e. The second-order valence-corrected chi connectivity index (χ2v) is 8.84. The van der Waals surface area contributed by atoms with E-state index in [9.17, 15) is 29.3 Å². The number of esters is 1. The van der Waals surface area contributed by atoms with Gasteiger partial charge in [0.1, 0.15) is 24.4 Å². The predicted molar refractivity (Wildman–Crippen MR) is 130 cm³/mol. The molecule has 191 valence electrons. The summed E-state index contributed by atoms with van der Waals surface area (Å²) in [6.45, 7) is 2.47. The van der Waals surface area contributed by atoms with Crippen molar-refractivity contribution in [2.75, 3.05) is 5.73 Å². The van der Waals surface area contributed by atoms with Crippen LogP contribution in [0, 0.1) is 10.1 Å². The van der Waals surface area contributed by atoms with E-state index in [0.29, 0.717) is 5.56 Å². The summed E-state index contributed by atoms with van der Waals surface area (Å²) < 4.78 is 5.20. The van der Waals surface area contributed by atoms with Crippen LogP contribution in [-0.2, 0) is 35.4 Å². The summed E-state index contributed by atoms with van der Waals surface area (Å²) >= 11 is 1.01. The number of carbonyl (C=O) groups excluding carboxylic acids is 4. The van der Waals surface area contributed by atoms with Crippen LogP contribution >= 0.6 is 11.3 Å². The Kier molecular flexibility index (Phi) is 9.68. The zero-order valence-corrected chi connectivity index (χ0v) is 22.7. The molecule has 1 aromatic carbocycles. The largest absolute Gasteiger partial charge is 0.458 e. The third-order valence-electron chi connectivity index (χ3n) is 4.86. The maximum atomic E-state index is 12.8. The third-order valence-corrected chi connectivity index (χ3v) is 5.53. The number of nitrogens with zero attached hydrogens (tertiary/aromatic N) is 3. The van der Waals surface area contributed by atoms with Gasteiger partial charge in [0.2, 0.25) is 17.4 Å². The number of ether oxygens (including phenoxy) is 1. The molecule has 1 aliphatic rings. The molecule has 1 aromatic heterocycles. The van der Waals surface area contributed by atoms with E-state index in [-0.39, 0.29) is 52.7 Å². The number of nitrogens with two attached hydrogens (primary N) is 2. The smallest absolute Gasteiger partial charge is 0.353 e. The van der Waals surface area contributed by atoms with Crippen molar-refractivity contribution in [1.82, 2.24) is 15.6 Å². The number of thiazole rings is 1. The molecule has 1 aliphatic heterocycles. The number of amides is 3. The van der Waals surface area contributed by atoms with Gasteiger partial charge in [-0.2, -0.15) is 0 Å². The van der Waals surface area contributed by atoms with Gasteiger partial charge in [0, 0.05) is 47.1 Å². The number of nitrogen functional groups attached to an aromatic ring is 1. The number of non-ortho nitro benzene ring substituents is 1. The summed E-state index contributed by atoms with van der Waals surface area (Å²) in [4.78, 5) is 68.0. The zero-order chi connectivity index (χ0) is 26.6. The maximum absolute atomic E-state index is 12.8. The van der Waals surface area contributed by atoms with Crippen molar-refractivity contribution >= 4 is 81.1 Å². The Labute approximate surface area is 235 Å². The summed E-state index contributed by atoms with van der Waals surface area (Å²) in [7, 11) is 0. The van der Waals surface area contributed by atoms with Crippen LogP contribution in [0.4, 0.5) is 10.8 Å². The molecule has 2 aromatic rings. The number of hydrogen-bond donors (Lipinski definition) is 4. The van der Waals surface area contributed by atoms with Gasteiger partial charge < -0.3 is 31.7 Å². The summed E-state index contributed by atoms with van der Waals surface area (Å²) in [5.74, 6) is -3.25. The van der Waals surface area contributed by atoms with Gasteiger partial charge in [0.25, 0.3) is 11.6 Å². The molecule has 1 fully saturated rings. The first-order valence-corrected chi connectivity index (χ1v) is 11.1. The van der Waals surface area contributed by atoms with Crippen LogP contribution in [-0.4, -0.2) is 86.6 Å². The van der Waals surface area contributed by atoms with Crippen molar-refractivity contribution in [2.24, 2.45) is 10.9 Å². The van der Waals surface area contributed by atoms with Crippen LogP contribution < -0.4 is 22.1 Å². The number of rotatable bonds is 10. The van der Waals surface area contributed by atoms with Crippen LogP contribution in [0.15, 0.2) is 34.8 Å². The van der Waals surface area contributed by atoms with E-state index in [1.807, 2.05) is 0 Å². The number of oxime groups is 1. The van der Waals surface area contributed by atoms with E-state index in [4.69, 9.17) is 21.0 Å². The molecule has 3 rings (SSSR count). The number of nitrogens with one attached hydrogen (secondary N) is 2. The van der Waals surface area contributed by atoms with E-state index in [1.54, 1.807) is 0 Å². The second kappa shape index (κ2) is 12.1. The number of carbonyl (C=O) groups is 4. The fourth-order valence-corrected chi connectivity index (χ4v) is 3.36. The molecule has 0 bridgehead atoms. The molecule has 17 heteroatoms. The molecule has 37 heavy (non-hydrogen) atoms. The van der Waals surface area contributed by atoms with Crippen LogP contribution in [0.1, 0.15) is 25.1 Å². The minimum atomic E-state index is -1.68. The fourth-order valence-electron chi connectivity index (χ4n) is 2.81. The number of primary amides is 1. The van der Waals surface area contributed by atoms with Crippen LogP contribution in [0.25, 0.3) is 0 Å². The van der Waals surface area contributed by atoms with Gasteiger partial charge >= 0.3 is 5.97 Å². The van der Waals surface area contributed by atoms with E-state index < -0.39 is 52.0 Å². The summed E-state index contributed by atoms with van der Waals surface area (Å²) in [5, 5.41) is 20.6. The topological polar surface area (TPSA) is 231 Å². The van der Waals surface area contributed by atoms with E-state index >= 15 is 0 Å². The first-order valence-electron chi connectivity index (χ1n) is 10.2. The Bertz CT molecular complexity index is 1250. The Morgan fingerprint density at radius 2 is 1.95 bits per heavy atom. The van der Waals surface area contributed by atoms with E-state index in [2.05, 4.69) is 20.8 Å². The number of nitro benzene ring substituents is 1. The van der Waals surface area contributed by atoms with Crippen molar-refractivity contribution in [3.8, 4) is 0 Å². The first-order chi connectivity index (χ1) is 16.9. The second-order valence-electron chi connectivity index (χ2n) is 7.95. The minimum Gasteiger partial charge on any atom is -0.458 e. The van der Waals surface area contributed by atoms with E-state index in [1.165, 1.54) is 43.5 Å². The summed E-state index contributed by atoms with van der Waals surface area (Å²) in [6.07, 6.45) is 0. The normalized spacial score (nSPS) is 16.9. The average Bonchev–Trinajstić information content (AvgIpc) is 3.25. The van der Waals surface area contributed by atoms with Crippen molar-refractivity contribution in [2.45, 2.75) is 38.1 Å². The number of aromatic nitrogens is 1. The molecule has 0 spiro atoms. The molecule has 2 heterocycles.